The van der Waals surface area contributed by atoms with E-state index in [-0.39, 0.29) is 0 Å². The lowest BCUT2D eigenvalue weighted by Crippen LogP contribution is -2.17. The Morgan fingerprint density at radius 2 is 1.95 bits per heavy atom. The van der Waals surface area contributed by atoms with Crippen LogP contribution in [0.5, 0.6) is 0 Å². The Labute approximate surface area is 117 Å². The van der Waals surface area contributed by atoms with E-state index in [2.05, 4.69) is 35.8 Å². The molecule has 2 N–H and O–H groups in total. The van der Waals surface area contributed by atoms with Gasteiger partial charge < -0.3 is 20.1 Å². The standard InChI is InChI=1S/C11H19N9/c1-12-9-15-10(17-11(16-9)19(2)3)13-6-5-8-18-14-7-20(8)4/h7H,5-6H2,1-4H3,(H2,12,13,15,16,17). The van der Waals surface area contributed by atoms with Crippen LogP contribution in [-0.4, -0.2) is 57.4 Å². The molecule has 0 atom stereocenters. The van der Waals surface area contributed by atoms with Crippen molar-refractivity contribution in [3.05, 3.63) is 12.2 Å². The normalized spacial score (nSPS) is 10.4. The second-order valence-electron chi connectivity index (χ2n) is 4.46. The molecular formula is C11H19N9. The predicted octanol–water partition coefficient (Wildman–Crippen LogP) is -0.238. The molecule has 0 aliphatic heterocycles. The lowest BCUT2D eigenvalue weighted by Gasteiger charge is -2.13. The Hall–Kier alpha value is -2.45. The van der Waals surface area contributed by atoms with Crippen molar-refractivity contribution < 1.29 is 0 Å². The first-order chi connectivity index (χ1) is 9.60. The molecule has 0 saturated heterocycles. The van der Waals surface area contributed by atoms with Crippen LogP contribution in [0, 0.1) is 0 Å². The topological polar surface area (TPSA) is 96.7 Å². The molecule has 0 bridgehead atoms. The van der Waals surface area contributed by atoms with Crippen LogP contribution in [0.3, 0.4) is 0 Å². The second-order valence-corrected chi connectivity index (χ2v) is 4.46. The van der Waals surface area contributed by atoms with Crippen molar-refractivity contribution in [2.45, 2.75) is 6.42 Å². The highest BCUT2D eigenvalue weighted by atomic mass is 15.3. The van der Waals surface area contributed by atoms with Gasteiger partial charge in [-0.1, -0.05) is 0 Å². The lowest BCUT2D eigenvalue weighted by atomic mass is 10.4. The quantitative estimate of drug-likeness (QED) is 0.747. The molecule has 0 unspecified atom stereocenters. The SMILES string of the molecule is CNc1nc(NCCc2nncn2C)nc(N(C)C)n1. The average Bonchev–Trinajstić information content (AvgIpc) is 2.84. The molecule has 9 nitrogen and oxygen atoms in total. The molecule has 0 amide bonds. The zero-order chi connectivity index (χ0) is 14.5. The number of aryl methyl sites for hydroxylation is 1. The molecule has 9 heteroatoms. The summed E-state index contributed by atoms with van der Waals surface area (Å²) < 4.78 is 1.89. The Morgan fingerprint density at radius 3 is 2.55 bits per heavy atom. The third-order valence-electron chi connectivity index (χ3n) is 2.68. The van der Waals surface area contributed by atoms with E-state index in [4.69, 9.17) is 0 Å². The molecule has 2 aromatic rings. The summed E-state index contributed by atoms with van der Waals surface area (Å²) >= 11 is 0. The molecule has 0 saturated carbocycles. The van der Waals surface area contributed by atoms with Crippen LogP contribution in [0.1, 0.15) is 5.82 Å². The van der Waals surface area contributed by atoms with E-state index < -0.39 is 0 Å². The Kier molecular flexibility index (Phi) is 4.28. The van der Waals surface area contributed by atoms with Crippen LogP contribution < -0.4 is 15.5 Å². The maximum atomic E-state index is 4.33. The number of rotatable bonds is 6. The minimum absolute atomic E-state index is 0.532. The third-order valence-corrected chi connectivity index (χ3v) is 2.68. The zero-order valence-electron chi connectivity index (χ0n) is 12.1. The minimum atomic E-state index is 0.532. The van der Waals surface area contributed by atoms with Crippen LogP contribution in [-0.2, 0) is 13.5 Å². The van der Waals surface area contributed by atoms with Gasteiger partial charge in [-0.2, -0.15) is 15.0 Å². The molecule has 2 heterocycles. The second kappa shape index (κ2) is 6.13. The molecule has 0 aliphatic rings. The summed E-state index contributed by atoms with van der Waals surface area (Å²) in [4.78, 5) is 14.7. The molecule has 2 aromatic heterocycles. The van der Waals surface area contributed by atoms with E-state index in [1.807, 2.05) is 30.6 Å². The summed E-state index contributed by atoms with van der Waals surface area (Å²) in [5, 5.41) is 14.0. The van der Waals surface area contributed by atoms with Gasteiger partial charge in [0.05, 0.1) is 0 Å². The summed E-state index contributed by atoms with van der Waals surface area (Å²) in [6.07, 6.45) is 2.43. The van der Waals surface area contributed by atoms with Gasteiger partial charge in [0, 0.05) is 41.2 Å². The van der Waals surface area contributed by atoms with E-state index in [0.717, 1.165) is 12.2 Å². The van der Waals surface area contributed by atoms with Crippen molar-refractivity contribution in [2.75, 3.05) is 43.2 Å². The Balaban J connectivity index is 2.01. The molecule has 0 spiro atoms. The number of hydrogen-bond acceptors (Lipinski definition) is 8. The van der Waals surface area contributed by atoms with Gasteiger partial charge in [-0.25, -0.2) is 0 Å². The third kappa shape index (κ3) is 3.31. The first-order valence-electron chi connectivity index (χ1n) is 6.28. The van der Waals surface area contributed by atoms with Gasteiger partial charge in [-0.15, -0.1) is 10.2 Å². The fourth-order valence-electron chi connectivity index (χ4n) is 1.58. The van der Waals surface area contributed by atoms with E-state index in [1.165, 1.54) is 0 Å². The molecule has 2 rings (SSSR count). The van der Waals surface area contributed by atoms with Crippen LogP contribution >= 0.6 is 0 Å². The predicted molar refractivity (Wildman–Crippen MR) is 76.9 cm³/mol. The first-order valence-corrected chi connectivity index (χ1v) is 6.28. The van der Waals surface area contributed by atoms with Gasteiger partial charge in [0.1, 0.15) is 12.2 Å². The molecule has 108 valence electrons. The van der Waals surface area contributed by atoms with Crippen molar-refractivity contribution in [1.29, 1.82) is 0 Å². The average molecular weight is 277 g/mol. The fourth-order valence-corrected chi connectivity index (χ4v) is 1.58. The van der Waals surface area contributed by atoms with Crippen molar-refractivity contribution in [3.8, 4) is 0 Å². The zero-order valence-corrected chi connectivity index (χ0v) is 12.1. The molecular weight excluding hydrogens is 258 g/mol. The largest absolute Gasteiger partial charge is 0.357 e. The van der Waals surface area contributed by atoms with E-state index in [1.54, 1.807) is 13.4 Å². The monoisotopic (exact) mass is 277 g/mol. The number of nitrogens with zero attached hydrogens (tertiary/aromatic N) is 7. The summed E-state index contributed by atoms with van der Waals surface area (Å²) in [5.41, 5.74) is 0. The number of hydrogen-bond donors (Lipinski definition) is 2. The Bertz CT molecular complexity index is 563. The maximum Gasteiger partial charge on any atom is 0.231 e. The Morgan fingerprint density at radius 1 is 1.20 bits per heavy atom. The number of aromatic nitrogens is 6. The molecule has 0 fully saturated rings. The number of nitrogens with one attached hydrogen (secondary N) is 2. The minimum Gasteiger partial charge on any atom is -0.357 e. The summed E-state index contributed by atoms with van der Waals surface area (Å²) in [7, 11) is 7.47. The van der Waals surface area contributed by atoms with Crippen molar-refractivity contribution in [3.63, 3.8) is 0 Å². The van der Waals surface area contributed by atoms with Crippen molar-refractivity contribution >= 4 is 17.8 Å². The molecule has 20 heavy (non-hydrogen) atoms. The van der Waals surface area contributed by atoms with Crippen LogP contribution in [0.4, 0.5) is 17.8 Å². The van der Waals surface area contributed by atoms with E-state index >= 15 is 0 Å². The van der Waals surface area contributed by atoms with Gasteiger partial charge in [-0.3, -0.25) is 0 Å². The van der Waals surface area contributed by atoms with Crippen molar-refractivity contribution in [2.24, 2.45) is 7.05 Å². The van der Waals surface area contributed by atoms with Gasteiger partial charge in [0.25, 0.3) is 0 Å². The summed E-state index contributed by atoms with van der Waals surface area (Å²) in [6.45, 7) is 0.673. The highest BCUT2D eigenvalue weighted by Gasteiger charge is 2.07. The van der Waals surface area contributed by atoms with Gasteiger partial charge in [0.15, 0.2) is 0 Å². The summed E-state index contributed by atoms with van der Waals surface area (Å²) in [6, 6.07) is 0. The van der Waals surface area contributed by atoms with Crippen molar-refractivity contribution in [1.82, 2.24) is 29.7 Å². The fraction of sp³-hybridized carbons (Fsp3) is 0.545. The van der Waals surface area contributed by atoms with Crippen LogP contribution in [0.25, 0.3) is 0 Å². The molecule has 0 radical (unpaired) electrons. The highest BCUT2D eigenvalue weighted by Crippen LogP contribution is 2.10. The number of anilines is 3. The molecule has 0 aromatic carbocycles. The van der Waals surface area contributed by atoms with Crippen LogP contribution in [0.15, 0.2) is 6.33 Å². The lowest BCUT2D eigenvalue weighted by molar-refractivity contribution is 0.785. The summed E-state index contributed by atoms with van der Waals surface area (Å²) in [5.74, 6) is 2.58. The van der Waals surface area contributed by atoms with E-state index in [0.29, 0.717) is 24.4 Å². The maximum absolute atomic E-state index is 4.33. The van der Waals surface area contributed by atoms with Gasteiger partial charge >= 0.3 is 0 Å². The van der Waals surface area contributed by atoms with Crippen LogP contribution in [0.2, 0.25) is 0 Å². The molecule has 0 aliphatic carbocycles. The van der Waals surface area contributed by atoms with E-state index in [9.17, 15) is 0 Å². The van der Waals surface area contributed by atoms with Gasteiger partial charge in [0.2, 0.25) is 17.8 Å². The smallest absolute Gasteiger partial charge is 0.231 e. The first kappa shape index (κ1) is 14.0. The highest BCUT2D eigenvalue weighted by molar-refractivity contribution is 5.42. The van der Waals surface area contributed by atoms with Gasteiger partial charge in [-0.05, 0) is 0 Å².